The molecule has 0 aliphatic carbocycles. The zero-order valence-corrected chi connectivity index (χ0v) is 15.7. The van der Waals surface area contributed by atoms with Crippen LogP contribution in [0.5, 0.6) is 0 Å². The molecule has 1 aliphatic rings. The number of nitrogens with one attached hydrogen (secondary N) is 1. The summed E-state index contributed by atoms with van der Waals surface area (Å²) < 4.78 is 0. The van der Waals surface area contributed by atoms with Gasteiger partial charge in [-0.05, 0) is 57.8 Å². The SMILES string of the molecule is CNCC1CCN(C(=O)CCC(=O)c2cc(C)ccc2C)CC1.Cl. The fourth-order valence-corrected chi connectivity index (χ4v) is 3.22. The standard InChI is InChI=1S/C19H28N2O2.ClH/c1-14-4-5-15(2)17(12-14)18(22)6-7-19(23)21-10-8-16(9-11-21)13-20-3;/h4-5,12,16,20H,6-11,13H2,1-3H3;1H. The molecule has 0 bridgehead atoms. The van der Waals surface area contributed by atoms with E-state index in [9.17, 15) is 9.59 Å². The van der Waals surface area contributed by atoms with Gasteiger partial charge in [-0.2, -0.15) is 0 Å². The molecule has 1 saturated heterocycles. The predicted molar refractivity (Wildman–Crippen MR) is 100.0 cm³/mol. The lowest BCUT2D eigenvalue weighted by Gasteiger charge is -2.32. The van der Waals surface area contributed by atoms with Crippen molar-refractivity contribution in [2.45, 2.75) is 39.5 Å². The number of carbonyl (C=O) groups excluding carboxylic acids is 2. The number of piperidine rings is 1. The van der Waals surface area contributed by atoms with Crippen molar-refractivity contribution in [3.63, 3.8) is 0 Å². The Morgan fingerprint density at radius 2 is 1.83 bits per heavy atom. The molecule has 1 amide bonds. The van der Waals surface area contributed by atoms with Gasteiger partial charge in [0.25, 0.3) is 0 Å². The average molecular weight is 353 g/mol. The molecule has 0 saturated carbocycles. The number of nitrogens with zero attached hydrogens (tertiary/aromatic N) is 1. The molecule has 0 spiro atoms. The molecule has 24 heavy (non-hydrogen) atoms. The van der Waals surface area contributed by atoms with E-state index in [1.54, 1.807) is 0 Å². The number of rotatable bonds is 6. The van der Waals surface area contributed by atoms with Crippen LogP contribution in [0.2, 0.25) is 0 Å². The summed E-state index contributed by atoms with van der Waals surface area (Å²) in [6, 6.07) is 5.90. The molecular formula is C19H29ClN2O2. The van der Waals surface area contributed by atoms with Gasteiger partial charge in [0.1, 0.15) is 0 Å². The van der Waals surface area contributed by atoms with Crippen LogP contribution >= 0.6 is 12.4 Å². The molecule has 1 aliphatic heterocycles. The summed E-state index contributed by atoms with van der Waals surface area (Å²) in [6.07, 6.45) is 2.73. The minimum absolute atomic E-state index is 0. The number of ketones is 1. The van der Waals surface area contributed by atoms with Crippen LogP contribution in [0.3, 0.4) is 0 Å². The summed E-state index contributed by atoms with van der Waals surface area (Å²) in [5.74, 6) is 0.858. The fraction of sp³-hybridized carbons (Fsp3) is 0.579. The summed E-state index contributed by atoms with van der Waals surface area (Å²) in [4.78, 5) is 26.6. The maximum Gasteiger partial charge on any atom is 0.223 e. The summed E-state index contributed by atoms with van der Waals surface area (Å²) >= 11 is 0. The molecule has 5 heteroatoms. The van der Waals surface area contributed by atoms with Crippen molar-refractivity contribution in [3.05, 3.63) is 34.9 Å². The molecule has 0 unspecified atom stereocenters. The molecular weight excluding hydrogens is 324 g/mol. The monoisotopic (exact) mass is 352 g/mol. The molecule has 1 heterocycles. The molecule has 0 atom stereocenters. The number of Topliss-reactive ketones (excluding diaryl/α,β-unsaturated/α-hetero) is 1. The van der Waals surface area contributed by atoms with E-state index >= 15 is 0 Å². The Kier molecular flexibility index (Phi) is 8.43. The Morgan fingerprint density at radius 3 is 2.46 bits per heavy atom. The van der Waals surface area contributed by atoms with Crippen LogP contribution in [0.15, 0.2) is 18.2 Å². The highest BCUT2D eigenvalue weighted by Gasteiger charge is 2.22. The Labute approximate surface area is 151 Å². The van der Waals surface area contributed by atoms with Crippen LogP contribution in [0, 0.1) is 19.8 Å². The fourth-order valence-electron chi connectivity index (χ4n) is 3.22. The van der Waals surface area contributed by atoms with E-state index < -0.39 is 0 Å². The number of amides is 1. The van der Waals surface area contributed by atoms with Gasteiger partial charge in [0.2, 0.25) is 5.91 Å². The Morgan fingerprint density at radius 1 is 1.17 bits per heavy atom. The second kappa shape index (κ2) is 9.80. The van der Waals surface area contributed by atoms with Crippen LogP contribution in [0.1, 0.15) is 47.2 Å². The number of halogens is 1. The van der Waals surface area contributed by atoms with Gasteiger partial charge in [0.15, 0.2) is 5.78 Å². The van der Waals surface area contributed by atoms with Crippen LogP contribution in [0.25, 0.3) is 0 Å². The second-order valence-corrected chi connectivity index (χ2v) is 6.62. The van der Waals surface area contributed by atoms with Crippen molar-refractivity contribution in [3.8, 4) is 0 Å². The van der Waals surface area contributed by atoms with Crippen LogP contribution in [-0.2, 0) is 4.79 Å². The van der Waals surface area contributed by atoms with Gasteiger partial charge >= 0.3 is 0 Å². The topological polar surface area (TPSA) is 49.4 Å². The first-order valence-electron chi connectivity index (χ1n) is 8.54. The zero-order chi connectivity index (χ0) is 16.8. The van der Waals surface area contributed by atoms with Crippen molar-refractivity contribution in [1.29, 1.82) is 0 Å². The summed E-state index contributed by atoms with van der Waals surface area (Å²) in [6.45, 7) is 6.59. The van der Waals surface area contributed by atoms with Crippen molar-refractivity contribution in [1.82, 2.24) is 10.2 Å². The van der Waals surface area contributed by atoms with Crippen LogP contribution < -0.4 is 5.32 Å². The van der Waals surface area contributed by atoms with E-state index in [0.29, 0.717) is 18.8 Å². The third-order valence-corrected chi connectivity index (χ3v) is 4.72. The first kappa shape index (κ1) is 20.7. The first-order chi connectivity index (χ1) is 11.0. The lowest BCUT2D eigenvalue weighted by Crippen LogP contribution is -2.40. The van der Waals surface area contributed by atoms with Gasteiger partial charge in [-0.1, -0.05) is 17.7 Å². The quantitative estimate of drug-likeness (QED) is 0.800. The van der Waals surface area contributed by atoms with Crippen LogP contribution in [0.4, 0.5) is 0 Å². The molecule has 2 rings (SSSR count). The number of carbonyl (C=O) groups is 2. The van der Waals surface area contributed by atoms with E-state index in [2.05, 4.69) is 5.32 Å². The van der Waals surface area contributed by atoms with Crippen LogP contribution in [-0.4, -0.2) is 43.3 Å². The van der Waals surface area contributed by atoms with Gasteiger partial charge in [-0.3, -0.25) is 9.59 Å². The number of likely N-dealkylation sites (tertiary alicyclic amines) is 1. The Hall–Kier alpha value is -1.39. The molecule has 0 radical (unpaired) electrons. The van der Waals surface area contributed by atoms with Gasteiger partial charge in [0, 0.05) is 31.5 Å². The lowest BCUT2D eigenvalue weighted by atomic mass is 9.96. The second-order valence-electron chi connectivity index (χ2n) is 6.62. The van der Waals surface area contributed by atoms with Gasteiger partial charge in [-0.25, -0.2) is 0 Å². The molecule has 134 valence electrons. The van der Waals surface area contributed by atoms with Crippen molar-refractivity contribution >= 4 is 24.1 Å². The lowest BCUT2D eigenvalue weighted by molar-refractivity contribution is -0.132. The summed E-state index contributed by atoms with van der Waals surface area (Å²) in [7, 11) is 1.97. The van der Waals surface area contributed by atoms with Gasteiger partial charge in [0.05, 0.1) is 0 Å². The average Bonchev–Trinajstić information content (AvgIpc) is 2.55. The molecule has 1 aromatic carbocycles. The minimum Gasteiger partial charge on any atom is -0.343 e. The van der Waals surface area contributed by atoms with E-state index in [0.717, 1.165) is 49.2 Å². The summed E-state index contributed by atoms with van der Waals surface area (Å²) in [5, 5.41) is 3.20. The largest absolute Gasteiger partial charge is 0.343 e. The summed E-state index contributed by atoms with van der Waals surface area (Å²) in [5.41, 5.74) is 2.82. The third kappa shape index (κ3) is 5.60. The minimum atomic E-state index is 0. The molecule has 1 fully saturated rings. The maximum absolute atomic E-state index is 12.4. The highest BCUT2D eigenvalue weighted by molar-refractivity contribution is 5.99. The normalized spacial score (nSPS) is 15.0. The Balaban J connectivity index is 0.00000288. The molecule has 0 aromatic heterocycles. The third-order valence-electron chi connectivity index (χ3n) is 4.72. The number of hydrogen-bond acceptors (Lipinski definition) is 3. The smallest absolute Gasteiger partial charge is 0.223 e. The number of benzene rings is 1. The van der Waals surface area contributed by atoms with E-state index in [-0.39, 0.29) is 24.1 Å². The van der Waals surface area contributed by atoms with E-state index in [1.807, 2.05) is 44.0 Å². The Bertz CT molecular complexity index is 566. The van der Waals surface area contributed by atoms with E-state index in [4.69, 9.17) is 0 Å². The molecule has 1 aromatic rings. The number of hydrogen-bond donors (Lipinski definition) is 1. The van der Waals surface area contributed by atoms with E-state index in [1.165, 1.54) is 0 Å². The van der Waals surface area contributed by atoms with Gasteiger partial charge in [-0.15, -0.1) is 12.4 Å². The predicted octanol–water partition coefficient (Wildman–Crippen LogP) is 3.15. The maximum atomic E-state index is 12.4. The zero-order valence-electron chi connectivity index (χ0n) is 14.9. The molecule has 4 nitrogen and oxygen atoms in total. The van der Waals surface area contributed by atoms with Crippen molar-refractivity contribution in [2.75, 3.05) is 26.7 Å². The van der Waals surface area contributed by atoms with Crippen molar-refractivity contribution in [2.24, 2.45) is 5.92 Å². The highest BCUT2D eigenvalue weighted by Crippen LogP contribution is 2.18. The first-order valence-corrected chi connectivity index (χ1v) is 8.54. The number of aryl methyl sites for hydroxylation is 2. The highest BCUT2D eigenvalue weighted by atomic mass is 35.5. The van der Waals surface area contributed by atoms with Crippen molar-refractivity contribution < 1.29 is 9.59 Å². The molecule has 1 N–H and O–H groups in total. The van der Waals surface area contributed by atoms with Gasteiger partial charge < -0.3 is 10.2 Å².